The normalized spacial score (nSPS) is 13.4. The summed E-state index contributed by atoms with van der Waals surface area (Å²) in [7, 11) is -1.89. The van der Waals surface area contributed by atoms with Gasteiger partial charge in [-0.2, -0.15) is 83.0 Å². The third kappa shape index (κ3) is 14.7. The molecule has 0 amide bonds. The zero-order valence-corrected chi connectivity index (χ0v) is 35.6. The lowest BCUT2D eigenvalue weighted by Crippen LogP contribution is -2.65. The topological polar surface area (TPSA) is 36.9 Å². The largest absolute Gasteiger partial charge is 0.864 e. The van der Waals surface area contributed by atoms with Crippen LogP contribution in [0.5, 0.6) is 17.2 Å². The van der Waals surface area contributed by atoms with E-state index in [0.717, 1.165) is 117 Å². The molecule has 4 aromatic carbocycles. The molecule has 0 aromatic heterocycles. The van der Waals surface area contributed by atoms with E-state index in [0.29, 0.717) is 24.1 Å². The minimum atomic E-state index is -4.75. The lowest BCUT2D eigenvalue weighted by Gasteiger charge is -2.53. The number of nitrogens with zero attached hydrogens (tertiary/aromatic N) is 1. The van der Waals surface area contributed by atoms with Crippen molar-refractivity contribution in [3.8, 4) is 17.2 Å². The monoisotopic (exact) mass is 909 g/mol. The Bertz CT molecular complexity index is 1860. The van der Waals surface area contributed by atoms with Crippen LogP contribution in [0, 0.1) is 6.07 Å². The van der Waals surface area contributed by atoms with Gasteiger partial charge in [-0.15, -0.1) is 0 Å². The number of unbranched alkanes of at least 4 members (excludes halogenated alkanes) is 3. The van der Waals surface area contributed by atoms with Crippen LogP contribution >= 0.6 is 0 Å². The summed E-state index contributed by atoms with van der Waals surface area (Å²) in [5.41, 5.74) is -4.84. The van der Waals surface area contributed by atoms with Crippen LogP contribution in [-0.2, 0) is 35.2 Å². The Morgan fingerprint density at radius 2 is 0.873 bits per heavy atom. The van der Waals surface area contributed by atoms with Crippen molar-refractivity contribution in [1.82, 2.24) is 0 Å². The number of hydrogen-bond donors (Lipinski definition) is 0. The first-order valence-corrected chi connectivity index (χ1v) is 20.6. The average Bonchev–Trinajstić information content (AvgIpc) is 3.22. The molecule has 0 heterocycles. The number of alkyl halides is 12. The first-order chi connectivity index (χ1) is 29.5. The quantitative estimate of drug-likeness (QED) is 0.0291. The molecule has 63 heavy (non-hydrogen) atoms. The van der Waals surface area contributed by atoms with Gasteiger partial charge in [0.25, 0.3) is 0 Å². The molecule has 0 fully saturated rings. The number of ether oxygens (including phenoxy) is 1. The van der Waals surface area contributed by atoms with Crippen molar-refractivity contribution in [2.45, 2.75) is 110 Å². The third-order valence-electron chi connectivity index (χ3n) is 10.3. The highest BCUT2D eigenvalue weighted by Crippen LogP contribution is 2.47. The lowest BCUT2D eigenvalue weighted by molar-refractivity contribution is -1.01. The molecule has 0 saturated carbocycles. The van der Waals surface area contributed by atoms with Gasteiger partial charge in [0.2, 0.25) is 5.72 Å². The minimum absolute atomic E-state index is 0.0667. The summed E-state index contributed by atoms with van der Waals surface area (Å²) in [5, 5.41) is 0. The maximum Gasteiger partial charge on any atom is 0.864 e. The van der Waals surface area contributed by atoms with Crippen molar-refractivity contribution in [3.63, 3.8) is 0 Å². The van der Waals surface area contributed by atoms with Gasteiger partial charge in [0.1, 0.15) is 17.2 Å². The molecule has 1 unspecified atom stereocenters. The molecular weight excluding hydrogens is 857 g/mol. The molecule has 4 rings (SSSR count). The van der Waals surface area contributed by atoms with Crippen molar-refractivity contribution >= 4 is 7.32 Å². The Morgan fingerprint density at radius 3 is 1.21 bits per heavy atom. The first kappa shape index (κ1) is 52.8. The number of quaternary nitrogens is 1. The Balaban J connectivity index is 0.000000924. The fourth-order valence-corrected chi connectivity index (χ4v) is 7.13. The first-order valence-electron chi connectivity index (χ1n) is 20.6. The van der Waals surface area contributed by atoms with E-state index in [1.807, 2.05) is 27.7 Å². The summed E-state index contributed by atoms with van der Waals surface area (Å²) in [5.74, 6) is -0.466. The third-order valence-corrected chi connectivity index (χ3v) is 10.3. The molecule has 0 bridgehead atoms. The van der Waals surface area contributed by atoms with E-state index in [2.05, 4.69) is 6.07 Å². The van der Waals surface area contributed by atoms with E-state index in [-0.39, 0.29) is 35.8 Å². The van der Waals surface area contributed by atoms with Crippen LogP contribution in [0.2, 0.25) is 0 Å². The summed E-state index contributed by atoms with van der Waals surface area (Å²) in [4.78, 5) is 0. The Hall–Kier alpha value is -4.58. The predicted molar refractivity (Wildman–Crippen MR) is 215 cm³/mol. The molecule has 5 nitrogen and oxygen atoms in total. The van der Waals surface area contributed by atoms with E-state index >= 15 is 0 Å². The van der Waals surface area contributed by atoms with Crippen molar-refractivity contribution in [1.29, 1.82) is 0 Å². The van der Waals surface area contributed by atoms with Crippen LogP contribution in [-0.4, -0.2) is 38.0 Å². The molecule has 0 saturated heterocycles. The van der Waals surface area contributed by atoms with Gasteiger partial charge < -0.3 is 18.7 Å². The second-order valence-electron chi connectivity index (χ2n) is 14.6. The SMILES string of the molecule is CCCC[N+](CCCC)(CCCC)C(CC)(OCC)c1cc(C(F)(F)F)ccc1OB(Oc1ccc(C(F)(F)F)cc1)Oc1ccc(C(F)(F)F)cc1.FC(F)(F)c1cc[c-]cc1. The van der Waals surface area contributed by atoms with Gasteiger partial charge in [-0.05, 0) is 92.9 Å². The highest BCUT2D eigenvalue weighted by molar-refractivity contribution is 6.39. The Morgan fingerprint density at radius 1 is 0.492 bits per heavy atom. The van der Waals surface area contributed by atoms with Crippen LogP contribution in [0.1, 0.15) is 107 Å². The van der Waals surface area contributed by atoms with E-state index in [9.17, 15) is 52.7 Å². The van der Waals surface area contributed by atoms with Crippen molar-refractivity contribution in [2.75, 3.05) is 26.2 Å². The van der Waals surface area contributed by atoms with E-state index in [1.54, 1.807) is 6.92 Å². The molecule has 0 aliphatic heterocycles. The van der Waals surface area contributed by atoms with Gasteiger partial charge in [0.15, 0.2) is 0 Å². The van der Waals surface area contributed by atoms with E-state index in [1.165, 1.54) is 12.1 Å². The fourth-order valence-electron chi connectivity index (χ4n) is 7.13. The van der Waals surface area contributed by atoms with E-state index < -0.39 is 60.0 Å². The van der Waals surface area contributed by atoms with Gasteiger partial charge in [0, 0.05) is 6.42 Å². The van der Waals surface area contributed by atoms with Crippen molar-refractivity contribution in [3.05, 3.63) is 125 Å². The maximum atomic E-state index is 14.5. The predicted octanol–water partition coefficient (Wildman–Crippen LogP) is 14.6. The van der Waals surface area contributed by atoms with Crippen LogP contribution in [0.3, 0.4) is 0 Å². The molecule has 0 aliphatic carbocycles. The summed E-state index contributed by atoms with van der Waals surface area (Å²) in [6.45, 7) is 11.6. The molecule has 4 aromatic rings. The van der Waals surface area contributed by atoms with E-state index in [4.69, 9.17) is 18.7 Å². The molecular formula is C45H52BF12NO4. The molecule has 18 heteroatoms. The second kappa shape index (κ2) is 22.9. The summed E-state index contributed by atoms with van der Waals surface area (Å²) in [6.07, 6.45) is -13.3. The summed E-state index contributed by atoms with van der Waals surface area (Å²) < 4.78 is 183. The van der Waals surface area contributed by atoms with Crippen LogP contribution in [0.4, 0.5) is 52.7 Å². The molecule has 0 radical (unpaired) electrons. The maximum absolute atomic E-state index is 14.5. The molecule has 0 spiro atoms. The fraction of sp³-hybridized carbons (Fsp3) is 0.467. The van der Waals surface area contributed by atoms with Gasteiger partial charge in [-0.1, -0.05) is 52.5 Å². The number of benzene rings is 4. The Labute approximate surface area is 361 Å². The highest BCUT2D eigenvalue weighted by Gasteiger charge is 2.54. The smallest absolute Gasteiger partial charge is 0.490 e. The van der Waals surface area contributed by atoms with Gasteiger partial charge >= 0.3 is 32.0 Å². The summed E-state index contributed by atoms with van der Waals surface area (Å²) >= 11 is 0. The van der Waals surface area contributed by atoms with Crippen LogP contribution in [0.15, 0.2) is 91.0 Å². The van der Waals surface area contributed by atoms with Crippen molar-refractivity contribution < 1.29 is 75.9 Å². The minimum Gasteiger partial charge on any atom is -0.490 e. The second-order valence-corrected chi connectivity index (χ2v) is 14.6. The standard InChI is InChI=1S/C38H48BF9NO4.C7H4F3/c1-6-11-24-49(25-12-7-2,26-13-8-3)35(9-4,50-10-5)33-27-30(38(46,47)48)18-23-34(33)53-39(51-31-19-14-28(15-20-31)36(40,41)42)52-32-21-16-29(17-22-32)37(43,44)45;8-7(9,10)6-4-2-1-3-5-6/h14-23,27H,6-13,24-26H2,1-5H3;2-5H/q+1;-1. The molecule has 348 valence electrons. The van der Waals surface area contributed by atoms with Gasteiger partial charge in [-0.3, -0.25) is 4.48 Å². The number of halogens is 12. The van der Waals surface area contributed by atoms with Crippen molar-refractivity contribution in [2.24, 2.45) is 0 Å². The summed E-state index contributed by atoms with van der Waals surface area (Å²) in [6, 6.07) is 16.9. The zero-order valence-electron chi connectivity index (χ0n) is 35.6. The average molecular weight is 910 g/mol. The van der Waals surface area contributed by atoms with Gasteiger partial charge in [0.05, 0.1) is 48.5 Å². The molecule has 0 N–H and O–H groups in total. The Kier molecular flexibility index (Phi) is 19.1. The number of rotatable bonds is 20. The molecule has 0 aliphatic rings. The molecule has 1 atom stereocenters. The number of hydrogen-bond acceptors (Lipinski definition) is 4. The zero-order chi connectivity index (χ0) is 47.1. The van der Waals surface area contributed by atoms with Gasteiger partial charge in [-0.25, -0.2) is 0 Å². The lowest BCUT2D eigenvalue weighted by atomic mass is 9.89. The highest BCUT2D eigenvalue weighted by atomic mass is 19.4. The van der Waals surface area contributed by atoms with Crippen LogP contribution in [0.25, 0.3) is 0 Å². The van der Waals surface area contributed by atoms with Crippen LogP contribution < -0.4 is 14.0 Å².